The highest BCUT2D eigenvalue weighted by molar-refractivity contribution is 5.59. The number of carbonyl (C=O) groups is 1. The zero-order valence-corrected chi connectivity index (χ0v) is 4.50. The van der Waals surface area contributed by atoms with Gasteiger partial charge in [-0.2, -0.15) is 0 Å². The number of ether oxygens (including phenoxy) is 1. The third kappa shape index (κ3) is 1.57. The third-order valence-electron chi connectivity index (χ3n) is 0.764. The number of aliphatic hydroxyl groups excluding tert-OH is 1. The van der Waals surface area contributed by atoms with Crippen LogP contribution in [0.15, 0.2) is 0 Å². The van der Waals surface area contributed by atoms with Gasteiger partial charge in [0, 0.05) is 7.11 Å². The zero-order valence-electron chi connectivity index (χ0n) is 4.50. The molecule has 0 amide bonds. The molecule has 0 aromatic heterocycles. The summed E-state index contributed by atoms with van der Waals surface area (Å²) in [5.74, 6) is -2.00. The molecule has 0 radical (unpaired) electrons. The summed E-state index contributed by atoms with van der Waals surface area (Å²) in [6.07, 6.45) is 0.132. The number of rotatable bonds is 3. The van der Waals surface area contributed by atoms with E-state index in [0.29, 0.717) is 0 Å². The molecule has 4 nitrogen and oxygen atoms in total. The van der Waals surface area contributed by atoms with E-state index in [0.717, 1.165) is 7.11 Å². The molecule has 0 saturated heterocycles. The minimum atomic E-state index is -2.00. The lowest BCUT2D eigenvalue weighted by molar-refractivity contribution is -0.196. The summed E-state index contributed by atoms with van der Waals surface area (Å²) in [4.78, 5) is 9.75. The smallest absolute Gasteiger partial charge is 0.247 e. The van der Waals surface area contributed by atoms with Crippen LogP contribution in [0.4, 0.5) is 0 Å². The van der Waals surface area contributed by atoms with Gasteiger partial charge in [-0.25, -0.2) is 0 Å². The van der Waals surface area contributed by atoms with Crippen LogP contribution in [-0.4, -0.2) is 36.0 Å². The number of hydrogen-bond acceptors (Lipinski definition) is 4. The first-order valence-electron chi connectivity index (χ1n) is 2.03. The molecule has 0 fully saturated rings. The standard InChI is InChI=1S/C4H8O4/c1-8-4(7,2-5)3-6/h2,6-7H,3H2,1H3. The summed E-state index contributed by atoms with van der Waals surface area (Å²) in [6, 6.07) is 0. The minimum absolute atomic E-state index is 0.132. The van der Waals surface area contributed by atoms with Crippen LogP contribution in [0.5, 0.6) is 0 Å². The van der Waals surface area contributed by atoms with E-state index in [2.05, 4.69) is 4.74 Å². The molecule has 1 atom stereocenters. The Morgan fingerprint density at radius 1 is 1.88 bits per heavy atom. The minimum Gasteiger partial charge on any atom is -0.390 e. The molecule has 2 N–H and O–H groups in total. The Balaban J connectivity index is 3.76. The van der Waals surface area contributed by atoms with E-state index in [1.165, 1.54) is 0 Å². The highest BCUT2D eigenvalue weighted by Gasteiger charge is 2.23. The van der Waals surface area contributed by atoms with Crippen LogP contribution in [0, 0.1) is 0 Å². The lowest BCUT2D eigenvalue weighted by Gasteiger charge is -2.14. The van der Waals surface area contributed by atoms with Crippen molar-refractivity contribution in [3.63, 3.8) is 0 Å². The Bertz CT molecular complexity index is 76.1. The van der Waals surface area contributed by atoms with Gasteiger partial charge in [0.1, 0.15) is 6.61 Å². The van der Waals surface area contributed by atoms with Gasteiger partial charge in [0.05, 0.1) is 0 Å². The van der Waals surface area contributed by atoms with Gasteiger partial charge in [0.25, 0.3) is 0 Å². The average molecular weight is 120 g/mol. The molecule has 0 aromatic carbocycles. The zero-order chi connectivity index (χ0) is 6.62. The first-order valence-corrected chi connectivity index (χ1v) is 2.03. The molecule has 0 heterocycles. The van der Waals surface area contributed by atoms with Crippen LogP contribution in [0.1, 0.15) is 0 Å². The van der Waals surface area contributed by atoms with Gasteiger partial charge < -0.3 is 14.9 Å². The molecule has 0 aliphatic heterocycles. The van der Waals surface area contributed by atoms with Crippen LogP contribution in [0.3, 0.4) is 0 Å². The number of hydrogen-bond donors (Lipinski definition) is 2. The molecular formula is C4H8O4. The number of aldehydes is 1. The molecule has 0 saturated carbocycles. The number of methoxy groups -OCH3 is 1. The third-order valence-corrected chi connectivity index (χ3v) is 0.764. The molecule has 0 spiro atoms. The highest BCUT2D eigenvalue weighted by Crippen LogP contribution is 1.96. The van der Waals surface area contributed by atoms with E-state index in [4.69, 9.17) is 10.2 Å². The fourth-order valence-electron chi connectivity index (χ4n) is 0.150. The molecule has 48 valence electrons. The van der Waals surface area contributed by atoms with Gasteiger partial charge >= 0.3 is 0 Å². The SMILES string of the molecule is COC(O)(C=O)CO. The van der Waals surface area contributed by atoms with Crippen LogP contribution in [0.2, 0.25) is 0 Å². The average Bonchev–Trinajstić information content (AvgIpc) is 1.87. The molecule has 1 unspecified atom stereocenters. The maximum atomic E-state index is 9.75. The monoisotopic (exact) mass is 120 g/mol. The summed E-state index contributed by atoms with van der Waals surface area (Å²) in [5, 5.41) is 16.8. The van der Waals surface area contributed by atoms with Crippen molar-refractivity contribution in [2.75, 3.05) is 13.7 Å². The van der Waals surface area contributed by atoms with Crippen LogP contribution in [0.25, 0.3) is 0 Å². The largest absolute Gasteiger partial charge is 0.390 e. The van der Waals surface area contributed by atoms with Gasteiger partial charge in [-0.05, 0) is 0 Å². The van der Waals surface area contributed by atoms with E-state index >= 15 is 0 Å². The van der Waals surface area contributed by atoms with Crippen LogP contribution < -0.4 is 0 Å². The molecule has 0 aliphatic carbocycles. The lowest BCUT2D eigenvalue weighted by atomic mass is 10.3. The maximum absolute atomic E-state index is 9.75. The van der Waals surface area contributed by atoms with E-state index in [1.54, 1.807) is 0 Å². The predicted molar refractivity (Wildman–Crippen MR) is 25.1 cm³/mol. The van der Waals surface area contributed by atoms with E-state index in [1.807, 2.05) is 0 Å². The molecular weight excluding hydrogens is 112 g/mol. The second kappa shape index (κ2) is 2.76. The van der Waals surface area contributed by atoms with Crippen LogP contribution >= 0.6 is 0 Å². The fraction of sp³-hybridized carbons (Fsp3) is 0.750. The highest BCUT2D eigenvalue weighted by atomic mass is 16.6. The van der Waals surface area contributed by atoms with Crippen molar-refractivity contribution in [2.45, 2.75) is 5.79 Å². The fourth-order valence-corrected chi connectivity index (χ4v) is 0.150. The van der Waals surface area contributed by atoms with Gasteiger partial charge in [0.2, 0.25) is 5.79 Å². The van der Waals surface area contributed by atoms with Crippen molar-refractivity contribution >= 4 is 6.29 Å². The Kier molecular flexibility index (Phi) is 2.60. The quantitative estimate of drug-likeness (QED) is 0.352. The summed E-state index contributed by atoms with van der Waals surface area (Å²) >= 11 is 0. The number of aliphatic hydroxyl groups is 2. The van der Waals surface area contributed by atoms with E-state index in [-0.39, 0.29) is 6.29 Å². The first-order chi connectivity index (χ1) is 3.68. The Labute approximate surface area is 46.7 Å². The van der Waals surface area contributed by atoms with Gasteiger partial charge in [0.15, 0.2) is 6.29 Å². The van der Waals surface area contributed by atoms with E-state index < -0.39 is 12.4 Å². The van der Waals surface area contributed by atoms with Crippen molar-refractivity contribution in [3.05, 3.63) is 0 Å². The maximum Gasteiger partial charge on any atom is 0.247 e. The summed E-state index contributed by atoms with van der Waals surface area (Å²) < 4.78 is 4.17. The second-order valence-corrected chi connectivity index (χ2v) is 1.32. The summed E-state index contributed by atoms with van der Waals surface area (Å²) in [6.45, 7) is -0.715. The summed E-state index contributed by atoms with van der Waals surface area (Å²) in [5.41, 5.74) is 0. The molecule has 0 rings (SSSR count). The normalized spacial score (nSPS) is 17.4. The van der Waals surface area contributed by atoms with Gasteiger partial charge in [-0.1, -0.05) is 0 Å². The second-order valence-electron chi connectivity index (χ2n) is 1.32. The van der Waals surface area contributed by atoms with Crippen LogP contribution in [-0.2, 0) is 9.53 Å². The lowest BCUT2D eigenvalue weighted by Crippen LogP contribution is -2.36. The van der Waals surface area contributed by atoms with E-state index in [9.17, 15) is 4.79 Å². The van der Waals surface area contributed by atoms with Gasteiger partial charge in [-0.15, -0.1) is 0 Å². The van der Waals surface area contributed by atoms with Crippen molar-refractivity contribution in [2.24, 2.45) is 0 Å². The van der Waals surface area contributed by atoms with Crippen molar-refractivity contribution < 1.29 is 19.7 Å². The Morgan fingerprint density at radius 2 is 2.38 bits per heavy atom. The molecule has 0 aromatic rings. The predicted octanol–water partition coefficient (Wildman–Crippen LogP) is -1.49. The van der Waals surface area contributed by atoms with Gasteiger partial charge in [-0.3, -0.25) is 4.79 Å². The molecule has 0 bridgehead atoms. The van der Waals surface area contributed by atoms with Crippen molar-refractivity contribution in [1.82, 2.24) is 0 Å². The van der Waals surface area contributed by atoms with Crippen molar-refractivity contribution in [3.8, 4) is 0 Å². The number of carbonyl (C=O) groups excluding carboxylic acids is 1. The Hall–Kier alpha value is -0.450. The molecule has 8 heavy (non-hydrogen) atoms. The first kappa shape index (κ1) is 7.55. The summed E-state index contributed by atoms with van der Waals surface area (Å²) in [7, 11) is 1.13. The Morgan fingerprint density at radius 3 is 2.38 bits per heavy atom. The molecule has 4 heteroatoms. The topological polar surface area (TPSA) is 66.8 Å². The molecule has 0 aliphatic rings. The van der Waals surface area contributed by atoms with Crippen molar-refractivity contribution in [1.29, 1.82) is 0 Å².